The van der Waals surface area contributed by atoms with Gasteiger partial charge in [0, 0.05) is 22.7 Å². The van der Waals surface area contributed by atoms with E-state index in [1.165, 1.54) is 18.2 Å². The molecule has 3 aromatic rings. The normalized spacial score (nSPS) is 12.6. The summed E-state index contributed by atoms with van der Waals surface area (Å²) in [6, 6.07) is 8.57. The first-order chi connectivity index (χ1) is 16.9. The number of benzene rings is 2. The van der Waals surface area contributed by atoms with Crippen LogP contribution in [0, 0.1) is 0 Å². The molecule has 13 heteroatoms. The Bertz CT molecular complexity index is 1240. The lowest BCUT2D eigenvalue weighted by Crippen LogP contribution is -2.28. The highest BCUT2D eigenvalue weighted by molar-refractivity contribution is 6.30. The molecular weight excluding hydrogens is 507 g/mol. The summed E-state index contributed by atoms with van der Waals surface area (Å²) < 4.78 is 54.9. The molecule has 1 N–H and O–H groups in total. The maximum absolute atomic E-state index is 12.8. The molecule has 2 aromatic carbocycles. The first-order valence-corrected chi connectivity index (χ1v) is 11.0. The Kier molecular flexibility index (Phi) is 8.77. The van der Waals surface area contributed by atoms with Crippen LogP contribution >= 0.6 is 11.6 Å². The molecule has 0 aliphatic rings. The van der Waals surface area contributed by atoms with Crippen molar-refractivity contribution in [3.05, 3.63) is 69.2 Å². The Morgan fingerprint density at radius 2 is 1.92 bits per heavy atom. The van der Waals surface area contributed by atoms with Crippen LogP contribution < -0.4 is 10.5 Å². The zero-order valence-electron chi connectivity index (χ0n) is 19.3. The number of hydrogen-bond acceptors (Lipinski definition) is 8. The van der Waals surface area contributed by atoms with Gasteiger partial charge < -0.3 is 23.9 Å². The molecule has 0 aliphatic heterocycles. The van der Waals surface area contributed by atoms with E-state index in [2.05, 4.69) is 5.10 Å². The summed E-state index contributed by atoms with van der Waals surface area (Å²) in [5.41, 5.74) is -0.257. The van der Waals surface area contributed by atoms with Gasteiger partial charge in [0.25, 0.3) is 0 Å². The Morgan fingerprint density at radius 1 is 1.22 bits per heavy atom. The number of aliphatic hydroxyl groups excluding tert-OH is 1. The molecule has 0 bridgehead atoms. The number of esters is 1. The van der Waals surface area contributed by atoms with E-state index in [-0.39, 0.29) is 36.7 Å². The number of alkyl halides is 3. The maximum Gasteiger partial charge on any atom is 0.437 e. The van der Waals surface area contributed by atoms with Gasteiger partial charge >= 0.3 is 17.9 Å². The number of rotatable bonds is 10. The highest BCUT2D eigenvalue weighted by Crippen LogP contribution is 2.30. The molecule has 9 nitrogen and oxygen atoms in total. The van der Waals surface area contributed by atoms with E-state index in [1.807, 2.05) is 0 Å². The number of carbonyl (C=O) groups is 1. The van der Waals surface area contributed by atoms with Gasteiger partial charge in [-0.15, -0.1) is 5.10 Å². The second-order valence-corrected chi connectivity index (χ2v) is 8.49. The Labute approximate surface area is 208 Å². The van der Waals surface area contributed by atoms with Crippen LogP contribution in [0.5, 0.6) is 5.75 Å². The number of carbonyl (C=O) groups excluding carboxylic acids is 1. The standard InChI is InChI=1S/C23H23ClF3N3O6/c1-29(2)12-18(31)10-20(32)35-13-34-19-8-7-17(24)9-15(19)11-30-22(33)36-21(28-30)14-3-5-16(6-4-14)23(25,26)27/h3-9,18,31H,10-13H2,1-2H3. The minimum atomic E-state index is -4.50. The number of aliphatic hydroxyl groups is 1. The molecule has 1 heterocycles. The molecule has 0 saturated heterocycles. The maximum atomic E-state index is 12.8. The monoisotopic (exact) mass is 529 g/mol. The van der Waals surface area contributed by atoms with Crippen molar-refractivity contribution in [2.45, 2.75) is 25.2 Å². The largest absolute Gasteiger partial charge is 0.457 e. The summed E-state index contributed by atoms with van der Waals surface area (Å²) in [4.78, 5) is 25.9. The fourth-order valence-electron chi connectivity index (χ4n) is 3.19. The molecule has 1 aromatic heterocycles. The number of likely N-dealkylation sites (N-methyl/N-ethyl adjacent to an activating group) is 1. The molecule has 3 rings (SSSR count). The Balaban J connectivity index is 1.68. The second kappa shape index (κ2) is 11.6. The van der Waals surface area contributed by atoms with Gasteiger partial charge in [-0.25, -0.2) is 4.79 Å². The van der Waals surface area contributed by atoms with E-state index in [0.29, 0.717) is 10.6 Å². The first kappa shape index (κ1) is 27.2. The summed E-state index contributed by atoms with van der Waals surface area (Å²) >= 11 is 6.06. The van der Waals surface area contributed by atoms with Crippen molar-refractivity contribution in [2.24, 2.45) is 0 Å². The fourth-order valence-corrected chi connectivity index (χ4v) is 3.39. The summed E-state index contributed by atoms with van der Waals surface area (Å²) in [5, 5.41) is 14.2. The van der Waals surface area contributed by atoms with Crippen LogP contribution in [-0.2, 0) is 22.3 Å². The van der Waals surface area contributed by atoms with Gasteiger partial charge in [0.1, 0.15) is 5.75 Å². The molecule has 194 valence electrons. The third kappa shape index (κ3) is 7.57. The zero-order chi connectivity index (χ0) is 26.5. The van der Waals surface area contributed by atoms with Gasteiger partial charge in [-0.1, -0.05) is 11.6 Å². The van der Waals surface area contributed by atoms with Gasteiger partial charge in [-0.2, -0.15) is 17.9 Å². The Morgan fingerprint density at radius 3 is 2.56 bits per heavy atom. The van der Waals surface area contributed by atoms with Crippen LogP contribution in [0.1, 0.15) is 17.5 Å². The molecule has 1 unspecified atom stereocenters. The van der Waals surface area contributed by atoms with Crippen LogP contribution in [0.4, 0.5) is 13.2 Å². The number of nitrogens with zero attached hydrogens (tertiary/aromatic N) is 3. The van der Waals surface area contributed by atoms with Crippen LogP contribution in [-0.4, -0.2) is 59.3 Å². The molecule has 0 aliphatic carbocycles. The van der Waals surface area contributed by atoms with Gasteiger partial charge in [0.05, 0.1) is 24.6 Å². The van der Waals surface area contributed by atoms with Crippen molar-refractivity contribution in [3.8, 4) is 17.2 Å². The van der Waals surface area contributed by atoms with E-state index in [4.69, 9.17) is 25.5 Å². The second-order valence-electron chi connectivity index (χ2n) is 8.06. The molecule has 36 heavy (non-hydrogen) atoms. The van der Waals surface area contributed by atoms with E-state index in [9.17, 15) is 27.9 Å². The minimum Gasteiger partial charge on any atom is -0.457 e. The first-order valence-electron chi connectivity index (χ1n) is 10.6. The molecule has 1 atom stereocenters. The van der Waals surface area contributed by atoms with Gasteiger partial charge in [0.2, 0.25) is 12.7 Å². The fraction of sp³-hybridized carbons (Fsp3) is 0.348. The molecule has 0 saturated carbocycles. The lowest BCUT2D eigenvalue weighted by molar-refractivity contribution is -0.152. The van der Waals surface area contributed by atoms with E-state index in [0.717, 1.165) is 28.9 Å². The molecule has 0 fully saturated rings. The number of ether oxygens (including phenoxy) is 2. The average Bonchev–Trinajstić information content (AvgIpc) is 3.14. The van der Waals surface area contributed by atoms with Crippen molar-refractivity contribution in [1.29, 1.82) is 0 Å². The number of hydrogen-bond donors (Lipinski definition) is 1. The SMILES string of the molecule is CN(C)CC(O)CC(=O)OCOc1ccc(Cl)cc1Cn1nc(-c2ccc(C(F)(F)F)cc2)oc1=O. The molecule has 0 spiro atoms. The summed E-state index contributed by atoms with van der Waals surface area (Å²) in [6.45, 7) is -0.306. The average molecular weight is 530 g/mol. The summed E-state index contributed by atoms with van der Waals surface area (Å²) in [5.74, 6) is -1.43. The van der Waals surface area contributed by atoms with Crippen LogP contribution in [0.2, 0.25) is 5.02 Å². The predicted molar refractivity (Wildman–Crippen MR) is 123 cm³/mol. The van der Waals surface area contributed by atoms with Crippen molar-refractivity contribution >= 4 is 17.6 Å². The minimum absolute atomic E-state index is 0.144. The molecule has 0 amide bonds. The summed E-state index contributed by atoms with van der Waals surface area (Å²) in [7, 11) is 3.51. The Hall–Kier alpha value is -3.35. The van der Waals surface area contributed by atoms with Crippen molar-refractivity contribution in [1.82, 2.24) is 14.7 Å². The smallest absolute Gasteiger partial charge is 0.437 e. The van der Waals surface area contributed by atoms with Gasteiger partial charge in [-0.3, -0.25) is 4.79 Å². The lowest BCUT2D eigenvalue weighted by Gasteiger charge is -2.15. The third-order valence-corrected chi connectivity index (χ3v) is 5.06. The van der Waals surface area contributed by atoms with Crippen molar-refractivity contribution < 1.29 is 37.0 Å². The van der Waals surface area contributed by atoms with Crippen LogP contribution in [0.25, 0.3) is 11.5 Å². The van der Waals surface area contributed by atoms with E-state index >= 15 is 0 Å². The van der Waals surface area contributed by atoms with Crippen molar-refractivity contribution in [2.75, 3.05) is 27.4 Å². The van der Waals surface area contributed by atoms with Crippen molar-refractivity contribution in [3.63, 3.8) is 0 Å². The molecule has 0 radical (unpaired) electrons. The van der Waals surface area contributed by atoms with Gasteiger partial charge in [0.15, 0.2) is 0 Å². The quantitative estimate of drug-likeness (QED) is 0.314. The topological polar surface area (TPSA) is 107 Å². The lowest BCUT2D eigenvalue weighted by atomic mass is 10.1. The number of aromatic nitrogens is 2. The zero-order valence-corrected chi connectivity index (χ0v) is 20.0. The number of halogens is 4. The third-order valence-electron chi connectivity index (χ3n) is 4.82. The van der Waals surface area contributed by atoms with E-state index in [1.54, 1.807) is 19.0 Å². The van der Waals surface area contributed by atoms with Crippen LogP contribution in [0.3, 0.4) is 0 Å². The highest BCUT2D eigenvalue weighted by Gasteiger charge is 2.30. The highest BCUT2D eigenvalue weighted by atomic mass is 35.5. The van der Waals surface area contributed by atoms with Gasteiger partial charge in [-0.05, 0) is 56.6 Å². The van der Waals surface area contributed by atoms with Crippen LogP contribution in [0.15, 0.2) is 51.7 Å². The molecular formula is C23H23ClF3N3O6. The van der Waals surface area contributed by atoms with E-state index < -0.39 is 36.4 Å². The summed E-state index contributed by atoms with van der Waals surface area (Å²) in [6.07, 6.45) is -5.60. The predicted octanol–water partition coefficient (Wildman–Crippen LogP) is 3.42.